The number of hydrogen-bond acceptors (Lipinski definition) is 4. The molecular formula is C27H31Cl3N2O2S2. The summed E-state index contributed by atoms with van der Waals surface area (Å²) >= 11 is 25.1. The van der Waals surface area contributed by atoms with E-state index in [9.17, 15) is 4.79 Å². The Morgan fingerprint density at radius 2 is 1.42 bits per heavy atom. The summed E-state index contributed by atoms with van der Waals surface area (Å²) in [5.41, 5.74) is 3.57. The first-order valence-electron chi connectivity index (χ1n) is 11.5. The Bertz CT molecular complexity index is 1330. The molecule has 1 N–H and O–H groups in total. The molecule has 0 aliphatic heterocycles. The first-order chi connectivity index (χ1) is 17.1. The molecule has 194 valence electrons. The van der Waals surface area contributed by atoms with E-state index in [-0.39, 0.29) is 0 Å². The number of nitrogens with one attached hydrogen (secondary N) is 1. The van der Waals surface area contributed by atoms with Gasteiger partial charge in [0.05, 0.1) is 10.0 Å². The predicted octanol–water partition coefficient (Wildman–Crippen LogP) is 9.73. The van der Waals surface area contributed by atoms with Gasteiger partial charge in [0.25, 0.3) is 0 Å². The number of fused-ring (bicyclic) bond motifs is 3. The van der Waals surface area contributed by atoms with E-state index >= 15 is 0 Å². The molecule has 0 saturated carbocycles. The van der Waals surface area contributed by atoms with Gasteiger partial charge < -0.3 is 14.6 Å². The number of benzene rings is 3. The summed E-state index contributed by atoms with van der Waals surface area (Å²) in [6.45, 7) is 10.6. The summed E-state index contributed by atoms with van der Waals surface area (Å²) in [7, 11) is 0. The van der Waals surface area contributed by atoms with Crippen molar-refractivity contribution in [1.29, 1.82) is 0 Å². The van der Waals surface area contributed by atoms with Crippen molar-refractivity contribution in [3.63, 3.8) is 0 Å². The molecular weight excluding hydrogens is 555 g/mol. The van der Waals surface area contributed by atoms with E-state index in [1.165, 1.54) is 0 Å². The summed E-state index contributed by atoms with van der Waals surface area (Å²) in [4.78, 5) is 12.0. The number of nitrogens with zero attached hydrogens (tertiary/aromatic N) is 1. The zero-order valence-corrected chi connectivity index (χ0v) is 25.0. The lowest BCUT2D eigenvalue weighted by Crippen LogP contribution is -2.34. The van der Waals surface area contributed by atoms with Crippen molar-refractivity contribution in [2.75, 3.05) is 6.54 Å². The van der Waals surface area contributed by atoms with E-state index in [4.69, 9.17) is 39.5 Å². The first kappa shape index (κ1) is 30.5. The van der Waals surface area contributed by atoms with Crippen LogP contribution in [-0.2, 0) is 11.3 Å². The lowest BCUT2D eigenvalue weighted by Gasteiger charge is -2.19. The van der Waals surface area contributed by atoms with Gasteiger partial charge in [0.2, 0.25) is 0 Å². The van der Waals surface area contributed by atoms with Crippen molar-refractivity contribution in [3.05, 3.63) is 69.7 Å². The molecule has 4 aromatic rings. The summed E-state index contributed by atoms with van der Waals surface area (Å²) < 4.78 is 7.51. The fraction of sp³-hybridized carbons (Fsp3) is 0.296. The van der Waals surface area contributed by atoms with Gasteiger partial charge in [-0.05, 0) is 74.4 Å². The van der Waals surface area contributed by atoms with Gasteiger partial charge >= 0.3 is 6.09 Å². The topological polar surface area (TPSA) is 43.3 Å². The number of alkyl carbamates (subject to hydrolysis) is 1. The van der Waals surface area contributed by atoms with Crippen molar-refractivity contribution in [1.82, 2.24) is 9.88 Å². The van der Waals surface area contributed by atoms with E-state index in [0.717, 1.165) is 32.9 Å². The third-order valence-electron chi connectivity index (χ3n) is 5.08. The molecule has 0 bridgehead atoms. The van der Waals surface area contributed by atoms with Gasteiger partial charge in [-0.25, -0.2) is 4.79 Å². The summed E-state index contributed by atoms with van der Waals surface area (Å²) in [5.74, 6) is 0. The van der Waals surface area contributed by atoms with E-state index < -0.39 is 11.7 Å². The number of halogens is 3. The smallest absolute Gasteiger partial charge is 0.407 e. The average Bonchev–Trinajstić information content (AvgIpc) is 3.14. The number of ether oxygens (including phenoxy) is 1. The third kappa shape index (κ3) is 7.65. The highest BCUT2D eigenvalue weighted by molar-refractivity contribution is 8.59. The molecule has 0 saturated heterocycles. The maximum absolute atomic E-state index is 12.0. The normalized spacial score (nSPS) is 10.8. The van der Waals surface area contributed by atoms with Crippen molar-refractivity contribution in [2.45, 2.75) is 46.8 Å². The lowest BCUT2D eigenvalue weighted by molar-refractivity contribution is 0.0526. The maximum Gasteiger partial charge on any atom is 0.407 e. The Morgan fingerprint density at radius 1 is 0.861 bits per heavy atom. The molecule has 9 heteroatoms. The fourth-order valence-electron chi connectivity index (χ4n) is 3.76. The Hall–Kier alpha value is -1.70. The Labute approximate surface area is 238 Å². The van der Waals surface area contributed by atoms with Gasteiger partial charge in [-0.15, -0.1) is 23.3 Å². The number of aromatic nitrogens is 1. The largest absolute Gasteiger partial charge is 0.444 e. The minimum Gasteiger partial charge on any atom is -0.444 e. The number of rotatable bonds is 4. The minimum absolute atomic E-state index is 0.428. The summed E-state index contributed by atoms with van der Waals surface area (Å²) in [6, 6.07) is 17.7. The number of hydrogen-bond donors (Lipinski definition) is 3. The molecule has 0 radical (unpaired) electrons. The van der Waals surface area contributed by atoms with Crippen LogP contribution in [-0.4, -0.2) is 22.8 Å². The monoisotopic (exact) mass is 584 g/mol. The molecule has 0 aliphatic rings. The highest BCUT2D eigenvalue weighted by Crippen LogP contribution is 2.35. The van der Waals surface area contributed by atoms with Crippen LogP contribution < -0.4 is 5.32 Å². The zero-order valence-electron chi connectivity index (χ0n) is 20.9. The molecule has 0 atom stereocenters. The molecule has 0 spiro atoms. The van der Waals surface area contributed by atoms with Gasteiger partial charge in [0.1, 0.15) is 5.60 Å². The molecule has 4 nitrogen and oxygen atoms in total. The van der Waals surface area contributed by atoms with E-state index in [2.05, 4.69) is 51.4 Å². The molecule has 36 heavy (non-hydrogen) atoms. The van der Waals surface area contributed by atoms with E-state index in [1.807, 2.05) is 65.0 Å². The predicted molar refractivity (Wildman–Crippen MR) is 163 cm³/mol. The first-order valence-corrected chi connectivity index (χ1v) is 14.2. The Kier molecular flexibility index (Phi) is 11.6. The van der Waals surface area contributed by atoms with Crippen molar-refractivity contribution in [3.8, 4) is 11.1 Å². The molecule has 3 aromatic carbocycles. The molecule has 4 rings (SSSR count). The molecule has 0 aliphatic carbocycles. The van der Waals surface area contributed by atoms with Crippen LogP contribution in [0.2, 0.25) is 15.1 Å². The lowest BCUT2D eigenvalue weighted by atomic mass is 10.0. The summed E-state index contributed by atoms with van der Waals surface area (Å²) in [5, 5.41) is 6.66. The SMILES string of the molecule is CC.CC(C)(C)OC(=O)NCCn1c2ccc(Cl)cc2c2cc(-c3ccc(Cl)c(Cl)c3)ccc21.SS. The van der Waals surface area contributed by atoms with Gasteiger partial charge in [0.15, 0.2) is 0 Å². The second-order valence-electron chi connectivity index (χ2n) is 8.60. The van der Waals surface area contributed by atoms with Gasteiger partial charge in [-0.3, -0.25) is 0 Å². The fourth-order valence-corrected chi connectivity index (χ4v) is 4.23. The third-order valence-corrected chi connectivity index (χ3v) is 6.06. The van der Waals surface area contributed by atoms with Crippen LogP contribution in [0.4, 0.5) is 4.79 Å². The second-order valence-corrected chi connectivity index (χ2v) is 9.85. The van der Waals surface area contributed by atoms with Crippen molar-refractivity contribution in [2.24, 2.45) is 0 Å². The van der Waals surface area contributed by atoms with E-state index in [1.54, 1.807) is 6.07 Å². The maximum atomic E-state index is 12.0. The highest BCUT2D eigenvalue weighted by atomic mass is 35.5. The number of carbonyl (C=O) groups excluding carboxylic acids is 1. The van der Waals surface area contributed by atoms with Gasteiger partial charge in [-0.2, -0.15) is 0 Å². The standard InChI is InChI=1S/C25H23Cl3N2O2.C2H6.H2S2/c1-25(2,3)32-24(31)29-10-11-30-22-8-5-15(16-4-7-20(27)21(28)13-16)12-18(22)19-14-17(26)6-9-23(19)30;2*1-2/h4-9,12-14H,10-11H2,1-3H3,(H,29,31);1-2H3;1-2H. The van der Waals surface area contributed by atoms with Crippen LogP contribution in [0.5, 0.6) is 0 Å². The van der Waals surface area contributed by atoms with Crippen molar-refractivity contribution >= 4 is 86.0 Å². The Balaban J connectivity index is 0.00000109. The van der Waals surface area contributed by atoms with Crippen LogP contribution in [0.3, 0.4) is 0 Å². The number of thiol groups is 2. The van der Waals surface area contributed by atoms with Crippen molar-refractivity contribution < 1.29 is 9.53 Å². The zero-order chi connectivity index (χ0) is 27.0. The number of carbonyl (C=O) groups is 1. The van der Waals surface area contributed by atoms with Gasteiger partial charge in [0, 0.05) is 39.9 Å². The molecule has 0 unspecified atom stereocenters. The Morgan fingerprint density at radius 3 is 2.03 bits per heavy atom. The number of amides is 1. The molecule has 0 fully saturated rings. The second kappa shape index (κ2) is 13.7. The quantitative estimate of drug-likeness (QED) is 0.165. The van der Waals surface area contributed by atoms with Crippen LogP contribution in [0.1, 0.15) is 34.6 Å². The van der Waals surface area contributed by atoms with Gasteiger partial charge in [-0.1, -0.05) is 60.8 Å². The van der Waals surface area contributed by atoms with Crippen LogP contribution in [0.25, 0.3) is 32.9 Å². The molecule has 1 heterocycles. The van der Waals surface area contributed by atoms with E-state index in [0.29, 0.717) is 28.2 Å². The van der Waals surface area contributed by atoms with Crippen LogP contribution >= 0.6 is 58.1 Å². The average molecular weight is 586 g/mol. The molecule has 1 aromatic heterocycles. The van der Waals surface area contributed by atoms with Crippen LogP contribution in [0, 0.1) is 0 Å². The highest BCUT2D eigenvalue weighted by Gasteiger charge is 2.17. The minimum atomic E-state index is -0.533. The van der Waals surface area contributed by atoms with Crippen LogP contribution in [0.15, 0.2) is 54.6 Å². The molecule has 1 amide bonds. The summed E-state index contributed by atoms with van der Waals surface area (Å²) in [6.07, 6.45) is -0.428.